The molecule has 0 aliphatic rings. The van der Waals surface area contributed by atoms with Crippen LogP contribution in [0.3, 0.4) is 0 Å². The van der Waals surface area contributed by atoms with E-state index < -0.39 is 0 Å². The van der Waals surface area contributed by atoms with E-state index in [-0.39, 0.29) is 6.61 Å². The summed E-state index contributed by atoms with van der Waals surface area (Å²) in [6.45, 7) is 7.02. The maximum absolute atomic E-state index is 8.88. The molecule has 0 fully saturated rings. The average molecular weight is 225 g/mol. The number of hydrogen-bond donors (Lipinski definition) is 1. The van der Waals surface area contributed by atoms with Crippen LogP contribution in [-0.4, -0.2) is 41.4 Å². The van der Waals surface area contributed by atoms with E-state index in [9.17, 15) is 0 Å². The molecular formula is C11H19N3O2. The molecule has 1 rings (SSSR count). The quantitative estimate of drug-likeness (QED) is 0.697. The molecule has 0 radical (unpaired) electrons. The summed E-state index contributed by atoms with van der Waals surface area (Å²) < 4.78 is 5.29. The number of nitrogens with zero attached hydrogens (tertiary/aromatic N) is 3. The molecule has 0 amide bonds. The molecule has 0 saturated carbocycles. The van der Waals surface area contributed by atoms with Gasteiger partial charge in [0.2, 0.25) is 5.95 Å². The van der Waals surface area contributed by atoms with Crippen LogP contribution in [0, 0.1) is 0 Å². The maximum Gasteiger partial charge on any atom is 0.225 e. The molecule has 90 valence electrons. The Hall–Kier alpha value is -1.20. The highest BCUT2D eigenvalue weighted by Gasteiger charge is 2.06. The Labute approximate surface area is 96.1 Å². The number of anilines is 1. The first kappa shape index (κ1) is 12.9. The smallest absolute Gasteiger partial charge is 0.225 e. The van der Waals surface area contributed by atoms with Crippen LogP contribution < -0.4 is 4.90 Å². The van der Waals surface area contributed by atoms with Crippen LogP contribution in [0.2, 0.25) is 0 Å². The van der Waals surface area contributed by atoms with Gasteiger partial charge in [0, 0.05) is 37.7 Å². The molecule has 0 unspecified atom stereocenters. The lowest BCUT2D eigenvalue weighted by Crippen LogP contribution is -2.28. The van der Waals surface area contributed by atoms with Gasteiger partial charge in [-0.3, -0.25) is 0 Å². The Morgan fingerprint density at radius 2 is 2.00 bits per heavy atom. The largest absolute Gasteiger partial charge is 0.392 e. The molecule has 0 bridgehead atoms. The van der Waals surface area contributed by atoms with Crippen LogP contribution in [0.1, 0.15) is 19.4 Å². The summed E-state index contributed by atoms with van der Waals surface area (Å²) in [5.41, 5.74) is 0.726. The number of aliphatic hydroxyl groups is 1. The van der Waals surface area contributed by atoms with Gasteiger partial charge in [0.05, 0.1) is 13.2 Å². The van der Waals surface area contributed by atoms with Gasteiger partial charge in [-0.2, -0.15) is 0 Å². The first-order chi connectivity index (χ1) is 7.81. The Balaban J connectivity index is 2.56. The third-order valence-electron chi connectivity index (χ3n) is 2.25. The van der Waals surface area contributed by atoms with Crippen molar-refractivity contribution in [1.82, 2.24) is 9.97 Å². The number of aliphatic hydroxyl groups excluding tert-OH is 1. The molecule has 0 aromatic carbocycles. The lowest BCUT2D eigenvalue weighted by atomic mass is 10.4. The zero-order valence-corrected chi connectivity index (χ0v) is 9.89. The fraction of sp³-hybridized carbons (Fsp3) is 0.636. The van der Waals surface area contributed by atoms with Crippen molar-refractivity contribution in [2.75, 3.05) is 31.2 Å². The van der Waals surface area contributed by atoms with Gasteiger partial charge < -0.3 is 14.7 Å². The Bertz CT molecular complexity index is 290. The fourth-order valence-corrected chi connectivity index (χ4v) is 1.31. The van der Waals surface area contributed by atoms with E-state index in [2.05, 4.69) is 16.9 Å². The minimum atomic E-state index is -0.0225. The van der Waals surface area contributed by atoms with E-state index in [1.165, 1.54) is 0 Å². The lowest BCUT2D eigenvalue weighted by molar-refractivity contribution is 0.153. The molecule has 5 heteroatoms. The third kappa shape index (κ3) is 3.75. The SMILES string of the molecule is CCOCCN(CC)c1ncc(CO)cn1. The third-order valence-corrected chi connectivity index (χ3v) is 2.25. The van der Waals surface area contributed by atoms with Crippen molar-refractivity contribution in [3.63, 3.8) is 0 Å². The molecule has 1 aromatic rings. The second-order valence-electron chi connectivity index (χ2n) is 3.33. The summed E-state index contributed by atoms with van der Waals surface area (Å²) in [4.78, 5) is 10.4. The van der Waals surface area contributed by atoms with Crippen molar-refractivity contribution in [3.05, 3.63) is 18.0 Å². The van der Waals surface area contributed by atoms with E-state index in [0.717, 1.165) is 25.3 Å². The van der Waals surface area contributed by atoms with E-state index in [1.54, 1.807) is 12.4 Å². The predicted octanol–water partition coefficient (Wildman–Crippen LogP) is 0.832. The van der Waals surface area contributed by atoms with E-state index in [1.807, 2.05) is 11.8 Å². The van der Waals surface area contributed by atoms with Crippen LogP contribution in [-0.2, 0) is 11.3 Å². The van der Waals surface area contributed by atoms with Crippen LogP contribution in [0.25, 0.3) is 0 Å². The van der Waals surface area contributed by atoms with Crippen LogP contribution >= 0.6 is 0 Å². The minimum absolute atomic E-state index is 0.0225. The van der Waals surface area contributed by atoms with Gasteiger partial charge in [0.25, 0.3) is 0 Å². The van der Waals surface area contributed by atoms with Gasteiger partial charge in [0.1, 0.15) is 0 Å². The summed E-state index contributed by atoms with van der Waals surface area (Å²) in [7, 11) is 0. The van der Waals surface area contributed by atoms with Crippen molar-refractivity contribution < 1.29 is 9.84 Å². The molecule has 0 aliphatic heterocycles. The van der Waals surface area contributed by atoms with Gasteiger partial charge >= 0.3 is 0 Å². The topological polar surface area (TPSA) is 58.5 Å². The summed E-state index contributed by atoms with van der Waals surface area (Å²) in [6, 6.07) is 0. The minimum Gasteiger partial charge on any atom is -0.392 e. The molecule has 1 aromatic heterocycles. The second kappa shape index (κ2) is 7.14. The molecule has 1 N–H and O–H groups in total. The molecule has 0 saturated heterocycles. The van der Waals surface area contributed by atoms with Gasteiger partial charge in [-0.1, -0.05) is 0 Å². The molecule has 0 aliphatic carbocycles. The number of likely N-dealkylation sites (N-methyl/N-ethyl adjacent to an activating group) is 1. The Kier molecular flexibility index (Phi) is 5.74. The van der Waals surface area contributed by atoms with Crippen molar-refractivity contribution in [2.24, 2.45) is 0 Å². The monoisotopic (exact) mass is 225 g/mol. The van der Waals surface area contributed by atoms with Crippen molar-refractivity contribution in [1.29, 1.82) is 0 Å². The predicted molar refractivity (Wildman–Crippen MR) is 62.3 cm³/mol. The molecule has 1 heterocycles. The summed E-state index contributed by atoms with van der Waals surface area (Å²) in [5, 5.41) is 8.88. The lowest BCUT2D eigenvalue weighted by Gasteiger charge is -2.20. The highest BCUT2D eigenvalue weighted by atomic mass is 16.5. The number of hydrogen-bond acceptors (Lipinski definition) is 5. The molecule has 0 spiro atoms. The summed E-state index contributed by atoms with van der Waals surface area (Å²) in [5.74, 6) is 0.680. The van der Waals surface area contributed by atoms with E-state index in [4.69, 9.17) is 9.84 Å². The normalized spacial score (nSPS) is 10.4. The van der Waals surface area contributed by atoms with Gasteiger partial charge in [-0.25, -0.2) is 9.97 Å². The van der Waals surface area contributed by atoms with Gasteiger partial charge in [0.15, 0.2) is 0 Å². The van der Waals surface area contributed by atoms with Crippen LogP contribution in [0.15, 0.2) is 12.4 Å². The summed E-state index contributed by atoms with van der Waals surface area (Å²) in [6.07, 6.45) is 3.29. The van der Waals surface area contributed by atoms with Crippen molar-refractivity contribution in [3.8, 4) is 0 Å². The van der Waals surface area contributed by atoms with Gasteiger partial charge in [-0.05, 0) is 13.8 Å². The Morgan fingerprint density at radius 1 is 1.31 bits per heavy atom. The van der Waals surface area contributed by atoms with E-state index in [0.29, 0.717) is 12.6 Å². The van der Waals surface area contributed by atoms with Crippen LogP contribution in [0.4, 0.5) is 5.95 Å². The number of rotatable bonds is 7. The maximum atomic E-state index is 8.88. The van der Waals surface area contributed by atoms with Crippen LogP contribution in [0.5, 0.6) is 0 Å². The number of aromatic nitrogens is 2. The highest BCUT2D eigenvalue weighted by molar-refractivity contribution is 5.29. The zero-order valence-electron chi connectivity index (χ0n) is 9.89. The highest BCUT2D eigenvalue weighted by Crippen LogP contribution is 2.06. The standard InChI is InChI=1S/C11H19N3O2/c1-3-14(5-6-16-4-2)11-12-7-10(9-15)8-13-11/h7-8,15H,3-6,9H2,1-2H3. The molecule has 16 heavy (non-hydrogen) atoms. The fourth-order valence-electron chi connectivity index (χ4n) is 1.31. The average Bonchev–Trinajstić information content (AvgIpc) is 2.35. The molecule has 5 nitrogen and oxygen atoms in total. The summed E-state index contributed by atoms with van der Waals surface area (Å²) >= 11 is 0. The number of ether oxygens (including phenoxy) is 1. The first-order valence-corrected chi connectivity index (χ1v) is 5.56. The zero-order chi connectivity index (χ0) is 11.8. The first-order valence-electron chi connectivity index (χ1n) is 5.56. The molecular weight excluding hydrogens is 206 g/mol. The van der Waals surface area contributed by atoms with E-state index >= 15 is 0 Å². The second-order valence-corrected chi connectivity index (χ2v) is 3.33. The van der Waals surface area contributed by atoms with Crippen molar-refractivity contribution >= 4 is 5.95 Å². The molecule has 0 atom stereocenters. The Morgan fingerprint density at radius 3 is 2.50 bits per heavy atom. The van der Waals surface area contributed by atoms with Gasteiger partial charge in [-0.15, -0.1) is 0 Å². The van der Waals surface area contributed by atoms with Crippen molar-refractivity contribution in [2.45, 2.75) is 20.5 Å².